The van der Waals surface area contributed by atoms with Crippen LogP contribution in [0.2, 0.25) is 0 Å². The summed E-state index contributed by atoms with van der Waals surface area (Å²) in [6.45, 7) is 4.02. The predicted molar refractivity (Wildman–Crippen MR) is 67.4 cm³/mol. The molecule has 3 N–H and O–H groups in total. The molecule has 0 saturated carbocycles. The number of phenolic OH excluding ortho intramolecular Hbond substituents is 1. The van der Waals surface area contributed by atoms with E-state index < -0.39 is 0 Å². The molecule has 94 valence electrons. The standard InChI is InChI=1S/C13H20N2O2/c1-9(10(2)14)13(17)15(3)8-11-6-4-5-7-12(11)16/h4-7,9-10,16H,8,14H2,1-3H3. The molecule has 4 heteroatoms. The zero-order chi connectivity index (χ0) is 13.0. The number of carbonyl (C=O) groups is 1. The summed E-state index contributed by atoms with van der Waals surface area (Å²) in [4.78, 5) is 13.6. The van der Waals surface area contributed by atoms with Crippen LogP contribution in [-0.4, -0.2) is 29.0 Å². The van der Waals surface area contributed by atoms with Gasteiger partial charge in [0.15, 0.2) is 0 Å². The lowest BCUT2D eigenvalue weighted by atomic mass is 10.0. The van der Waals surface area contributed by atoms with Crippen LogP contribution < -0.4 is 5.73 Å². The topological polar surface area (TPSA) is 66.6 Å². The molecule has 0 aliphatic rings. The molecule has 0 aromatic heterocycles. The fourth-order valence-electron chi connectivity index (χ4n) is 1.55. The van der Waals surface area contributed by atoms with E-state index in [2.05, 4.69) is 0 Å². The second-order valence-corrected chi connectivity index (χ2v) is 4.47. The summed E-state index contributed by atoms with van der Waals surface area (Å²) in [7, 11) is 1.72. The van der Waals surface area contributed by atoms with Gasteiger partial charge in [-0.3, -0.25) is 4.79 Å². The van der Waals surface area contributed by atoms with Gasteiger partial charge in [0, 0.05) is 25.2 Å². The van der Waals surface area contributed by atoms with Crippen LogP contribution in [0.5, 0.6) is 5.75 Å². The lowest BCUT2D eigenvalue weighted by Gasteiger charge is -2.23. The monoisotopic (exact) mass is 236 g/mol. The highest BCUT2D eigenvalue weighted by Gasteiger charge is 2.21. The first-order valence-electron chi connectivity index (χ1n) is 5.71. The van der Waals surface area contributed by atoms with E-state index in [1.807, 2.05) is 19.9 Å². The molecule has 1 aromatic carbocycles. The van der Waals surface area contributed by atoms with Gasteiger partial charge in [0.05, 0.1) is 5.92 Å². The van der Waals surface area contributed by atoms with E-state index in [1.165, 1.54) is 0 Å². The molecule has 0 bridgehead atoms. The first kappa shape index (κ1) is 13.5. The Bertz CT molecular complexity index is 391. The minimum Gasteiger partial charge on any atom is -0.508 e. The average Bonchev–Trinajstić information content (AvgIpc) is 2.30. The lowest BCUT2D eigenvalue weighted by Crippen LogP contribution is -2.39. The number of nitrogens with two attached hydrogens (primary N) is 1. The van der Waals surface area contributed by atoms with E-state index in [9.17, 15) is 9.90 Å². The summed E-state index contributed by atoms with van der Waals surface area (Å²) >= 11 is 0. The van der Waals surface area contributed by atoms with Crippen LogP contribution in [-0.2, 0) is 11.3 Å². The number of para-hydroxylation sites is 1. The van der Waals surface area contributed by atoms with Crippen molar-refractivity contribution in [1.82, 2.24) is 4.90 Å². The molecule has 0 aliphatic carbocycles. The number of aromatic hydroxyl groups is 1. The number of nitrogens with zero attached hydrogens (tertiary/aromatic N) is 1. The summed E-state index contributed by atoms with van der Waals surface area (Å²) in [5.41, 5.74) is 6.44. The molecule has 2 atom stereocenters. The van der Waals surface area contributed by atoms with Crippen molar-refractivity contribution in [3.05, 3.63) is 29.8 Å². The molecule has 1 amide bonds. The van der Waals surface area contributed by atoms with Crippen molar-refractivity contribution < 1.29 is 9.90 Å². The molecule has 0 heterocycles. The molecule has 1 aromatic rings. The molecule has 2 unspecified atom stereocenters. The van der Waals surface area contributed by atoms with Crippen molar-refractivity contribution >= 4 is 5.91 Å². The Morgan fingerprint density at radius 3 is 2.53 bits per heavy atom. The Kier molecular flexibility index (Phi) is 4.52. The van der Waals surface area contributed by atoms with Gasteiger partial charge in [0.25, 0.3) is 0 Å². The van der Waals surface area contributed by atoms with Crippen LogP contribution in [0.15, 0.2) is 24.3 Å². The number of amides is 1. The van der Waals surface area contributed by atoms with Gasteiger partial charge < -0.3 is 15.7 Å². The third-order valence-electron chi connectivity index (χ3n) is 2.95. The van der Waals surface area contributed by atoms with Crippen molar-refractivity contribution in [2.24, 2.45) is 11.7 Å². The third-order valence-corrected chi connectivity index (χ3v) is 2.95. The minimum atomic E-state index is -0.217. The highest BCUT2D eigenvalue weighted by Crippen LogP contribution is 2.18. The number of rotatable bonds is 4. The Labute approximate surface area is 102 Å². The molecular formula is C13H20N2O2. The Hall–Kier alpha value is -1.55. The number of benzene rings is 1. The number of phenols is 1. The van der Waals surface area contributed by atoms with Crippen LogP contribution in [0.4, 0.5) is 0 Å². The predicted octanol–water partition coefficient (Wildman–Crippen LogP) is 1.33. The third kappa shape index (κ3) is 3.46. The van der Waals surface area contributed by atoms with Crippen molar-refractivity contribution in [2.45, 2.75) is 26.4 Å². The van der Waals surface area contributed by atoms with E-state index in [-0.39, 0.29) is 23.6 Å². The number of hydrogen-bond acceptors (Lipinski definition) is 3. The van der Waals surface area contributed by atoms with E-state index >= 15 is 0 Å². The summed E-state index contributed by atoms with van der Waals surface area (Å²) in [6.07, 6.45) is 0. The van der Waals surface area contributed by atoms with Crippen LogP contribution in [0, 0.1) is 5.92 Å². The summed E-state index contributed by atoms with van der Waals surface area (Å²) in [5, 5.41) is 9.63. The van der Waals surface area contributed by atoms with Crippen LogP contribution in [0.1, 0.15) is 19.4 Å². The summed E-state index contributed by atoms with van der Waals surface area (Å²) < 4.78 is 0. The normalized spacial score (nSPS) is 14.1. The Morgan fingerprint density at radius 1 is 1.41 bits per heavy atom. The van der Waals surface area contributed by atoms with Gasteiger partial charge in [-0.25, -0.2) is 0 Å². The maximum atomic E-state index is 12.0. The second-order valence-electron chi connectivity index (χ2n) is 4.47. The molecule has 0 fully saturated rings. The highest BCUT2D eigenvalue weighted by molar-refractivity contribution is 5.78. The maximum absolute atomic E-state index is 12.0. The molecule has 0 radical (unpaired) electrons. The van der Waals surface area contributed by atoms with E-state index in [4.69, 9.17) is 5.73 Å². The van der Waals surface area contributed by atoms with Crippen LogP contribution in [0.25, 0.3) is 0 Å². The van der Waals surface area contributed by atoms with Gasteiger partial charge in [-0.1, -0.05) is 25.1 Å². The van der Waals surface area contributed by atoms with Gasteiger partial charge in [0.2, 0.25) is 5.91 Å². The number of hydrogen-bond donors (Lipinski definition) is 2. The summed E-state index contributed by atoms with van der Waals surface area (Å²) in [5.74, 6) is -0.0188. The smallest absolute Gasteiger partial charge is 0.226 e. The van der Waals surface area contributed by atoms with Crippen molar-refractivity contribution in [3.8, 4) is 5.75 Å². The van der Waals surface area contributed by atoms with Crippen molar-refractivity contribution in [3.63, 3.8) is 0 Å². The zero-order valence-corrected chi connectivity index (χ0v) is 10.6. The Morgan fingerprint density at radius 2 is 2.00 bits per heavy atom. The van der Waals surface area contributed by atoms with Gasteiger partial charge in [-0.05, 0) is 13.0 Å². The van der Waals surface area contributed by atoms with Gasteiger partial charge in [-0.15, -0.1) is 0 Å². The largest absolute Gasteiger partial charge is 0.508 e. The molecule has 4 nitrogen and oxygen atoms in total. The van der Waals surface area contributed by atoms with Crippen LogP contribution >= 0.6 is 0 Å². The quantitative estimate of drug-likeness (QED) is 0.829. The van der Waals surface area contributed by atoms with E-state index in [1.54, 1.807) is 30.1 Å². The molecular weight excluding hydrogens is 216 g/mol. The van der Waals surface area contributed by atoms with E-state index in [0.717, 1.165) is 5.56 Å². The first-order chi connectivity index (χ1) is 7.93. The van der Waals surface area contributed by atoms with E-state index in [0.29, 0.717) is 6.54 Å². The average molecular weight is 236 g/mol. The van der Waals surface area contributed by atoms with Crippen molar-refractivity contribution in [2.75, 3.05) is 7.05 Å². The van der Waals surface area contributed by atoms with Crippen LogP contribution in [0.3, 0.4) is 0 Å². The molecule has 0 aliphatic heterocycles. The van der Waals surface area contributed by atoms with Crippen molar-refractivity contribution in [1.29, 1.82) is 0 Å². The van der Waals surface area contributed by atoms with Gasteiger partial charge in [0.1, 0.15) is 5.75 Å². The zero-order valence-electron chi connectivity index (χ0n) is 10.6. The molecule has 1 rings (SSSR count). The second kappa shape index (κ2) is 5.68. The highest BCUT2D eigenvalue weighted by atomic mass is 16.3. The lowest BCUT2D eigenvalue weighted by molar-refractivity contribution is -0.134. The first-order valence-corrected chi connectivity index (χ1v) is 5.71. The number of carbonyl (C=O) groups excluding carboxylic acids is 1. The van der Waals surface area contributed by atoms with Gasteiger partial charge in [-0.2, -0.15) is 0 Å². The Balaban J connectivity index is 2.70. The molecule has 0 spiro atoms. The fourth-order valence-corrected chi connectivity index (χ4v) is 1.55. The SMILES string of the molecule is CC(N)C(C)C(=O)N(C)Cc1ccccc1O. The fraction of sp³-hybridized carbons (Fsp3) is 0.462. The minimum absolute atomic E-state index is 0.0109. The summed E-state index contributed by atoms with van der Waals surface area (Å²) in [6, 6.07) is 6.83. The molecule has 17 heavy (non-hydrogen) atoms. The van der Waals surface area contributed by atoms with Gasteiger partial charge >= 0.3 is 0 Å². The molecule has 0 saturated heterocycles. The maximum Gasteiger partial charge on any atom is 0.226 e.